The number of hydrogen-bond acceptors (Lipinski definition) is 4. The third-order valence-corrected chi connectivity index (χ3v) is 4.49. The highest BCUT2D eigenvalue weighted by molar-refractivity contribution is 7.19. The van der Waals surface area contributed by atoms with E-state index in [1.54, 1.807) is 11.3 Å². The molecule has 3 nitrogen and oxygen atoms in total. The van der Waals surface area contributed by atoms with E-state index in [9.17, 15) is 0 Å². The van der Waals surface area contributed by atoms with E-state index >= 15 is 0 Å². The molecule has 0 atom stereocenters. The van der Waals surface area contributed by atoms with Crippen LogP contribution < -0.4 is 0 Å². The van der Waals surface area contributed by atoms with Crippen molar-refractivity contribution >= 4 is 33.7 Å². The molecule has 0 aliphatic heterocycles. The van der Waals surface area contributed by atoms with Gasteiger partial charge in [-0.3, -0.25) is 0 Å². The van der Waals surface area contributed by atoms with E-state index < -0.39 is 0 Å². The predicted molar refractivity (Wildman–Crippen MR) is 84.0 cm³/mol. The second kappa shape index (κ2) is 4.87. The van der Waals surface area contributed by atoms with Gasteiger partial charge in [0.05, 0.1) is 15.9 Å². The maximum absolute atomic E-state index is 5.16. The number of aryl methyl sites for hydroxylation is 4. The van der Waals surface area contributed by atoms with E-state index in [1.807, 2.05) is 26.0 Å². The minimum absolute atomic E-state index is 0.839. The van der Waals surface area contributed by atoms with Crippen LogP contribution in [0.15, 0.2) is 16.7 Å². The lowest BCUT2D eigenvalue weighted by Gasteiger charge is -1.96. The fraction of sp³-hybridized carbons (Fsp3) is 0.250. The molecule has 0 spiro atoms. The molecule has 0 saturated heterocycles. The fourth-order valence-corrected chi connectivity index (χ4v) is 3.10. The Morgan fingerprint density at radius 2 is 1.80 bits per heavy atom. The van der Waals surface area contributed by atoms with Crippen LogP contribution in [0.1, 0.15) is 33.2 Å². The van der Waals surface area contributed by atoms with Crippen molar-refractivity contribution in [1.29, 1.82) is 0 Å². The number of thiazole rings is 1. The molecule has 20 heavy (non-hydrogen) atoms. The Bertz CT molecular complexity index is 753. The molecule has 4 heteroatoms. The summed E-state index contributed by atoms with van der Waals surface area (Å²) in [4.78, 5) is 4.65. The Kier molecular flexibility index (Phi) is 3.18. The van der Waals surface area contributed by atoms with Gasteiger partial charge in [0.1, 0.15) is 10.8 Å². The monoisotopic (exact) mass is 284 g/mol. The van der Waals surface area contributed by atoms with Gasteiger partial charge in [0.15, 0.2) is 0 Å². The number of hydrogen-bond donors (Lipinski definition) is 0. The summed E-state index contributed by atoms with van der Waals surface area (Å²) in [6, 6.07) is 4.35. The fourth-order valence-electron chi connectivity index (χ4n) is 2.15. The number of benzene rings is 1. The van der Waals surface area contributed by atoms with Crippen LogP contribution in [0.4, 0.5) is 0 Å². The van der Waals surface area contributed by atoms with Crippen LogP contribution in [0.25, 0.3) is 22.4 Å². The van der Waals surface area contributed by atoms with Crippen molar-refractivity contribution in [2.45, 2.75) is 27.7 Å². The van der Waals surface area contributed by atoms with Crippen molar-refractivity contribution in [2.75, 3.05) is 0 Å². The number of rotatable bonds is 2. The Labute approximate surface area is 121 Å². The van der Waals surface area contributed by atoms with Crippen molar-refractivity contribution in [2.24, 2.45) is 0 Å². The van der Waals surface area contributed by atoms with Gasteiger partial charge in [-0.05, 0) is 63.1 Å². The highest BCUT2D eigenvalue weighted by atomic mass is 32.1. The quantitative estimate of drug-likeness (QED) is 0.685. The van der Waals surface area contributed by atoms with Gasteiger partial charge in [0.25, 0.3) is 0 Å². The summed E-state index contributed by atoms with van der Waals surface area (Å²) >= 11 is 1.70. The molecule has 2 heterocycles. The Hall–Kier alpha value is -1.94. The van der Waals surface area contributed by atoms with Crippen molar-refractivity contribution in [3.63, 3.8) is 0 Å². The van der Waals surface area contributed by atoms with Crippen LogP contribution in [-0.2, 0) is 0 Å². The minimum Gasteiger partial charge on any atom is -0.361 e. The van der Waals surface area contributed by atoms with Gasteiger partial charge in [-0.2, -0.15) is 0 Å². The van der Waals surface area contributed by atoms with Gasteiger partial charge in [0, 0.05) is 5.56 Å². The smallest absolute Gasteiger partial charge is 0.141 e. The molecule has 0 aliphatic carbocycles. The van der Waals surface area contributed by atoms with Gasteiger partial charge >= 0.3 is 0 Å². The zero-order valence-corrected chi connectivity index (χ0v) is 12.8. The van der Waals surface area contributed by atoms with Gasteiger partial charge in [-0.1, -0.05) is 5.16 Å². The average molecular weight is 284 g/mol. The second-order valence-electron chi connectivity index (χ2n) is 5.03. The topological polar surface area (TPSA) is 38.9 Å². The highest BCUT2D eigenvalue weighted by Crippen LogP contribution is 2.27. The Balaban J connectivity index is 1.99. The van der Waals surface area contributed by atoms with Crippen LogP contribution in [0.3, 0.4) is 0 Å². The van der Waals surface area contributed by atoms with E-state index in [2.05, 4.69) is 36.1 Å². The third kappa shape index (κ3) is 2.27. The number of aromatic nitrogens is 2. The summed E-state index contributed by atoms with van der Waals surface area (Å²) in [6.45, 7) is 8.12. The molecule has 102 valence electrons. The first-order valence-corrected chi connectivity index (χ1v) is 7.35. The molecule has 0 amide bonds. The van der Waals surface area contributed by atoms with Crippen LogP contribution >= 0.6 is 11.3 Å². The molecule has 0 N–H and O–H groups in total. The standard InChI is InChI=1S/C16H16N2OS/c1-9-7-14-15(8-10(9)2)20-16(17-14)6-5-13-11(3)18-19-12(13)4/h5-8H,1-4H3. The molecule has 0 unspecified atom stereocenters. The molecule has 1 aromatic carbocycles. The maximum Gasteiger partial charge on any atom is 0.141 e. The van der Waals surface area contributed by atoms with E-state index in [4.69, 9.17) is 4.52 Å². The molecule has 0 radical (unpaired) electrons. The van der Waals surface area contributed by atoms with E-state index in [-0.39, 0.29) is 0 Å². The first kappa shape index (κ1) is 13.1. The lowest BCUT2D eigenvalue weighted by molar-refractivity contribution is 0.393. The van der Waals surface area contributed by atoms with Crippen LogP contribution in [-0.4, -0.2) is 10.1 Å². The molecule has 3 aromatic rings. The SMILES string of the molecule is Cc1cc2nc(C=Cc3c(C)noc3C)sc2cc1C. The second-order valence-corrected chi connectivity index (χ2v) is 6.09. The summed E-state index contributed by atoms with van der Waals surface area (Å²) in [5.41, 5.74) is 5.60. The van der Waals surface area contributed by atoms with Crippen LogP contribution in [0.5, 0.6) is 0 Å². The average Bonchev–Trinajstić information content (AvgIpc) is 2.92. The summed E-state index contributed by atoms with van der Waals surface area (Å²) < 4.78 is 6.38. The van der Waals surface area contributed by atoms with Gasteiger partial charge in [-0.15, -0.1) is 11.3 Å². The first-order valence-electron chi connectivity index (χ1n) is 6.53. The van der Waals surface area contributed by atoms with E-state index in [0.717, 1.165) is 27.5 Å². The zero-order chi connectivity index (χ0) is 14.3. The van der Waals surface area contributed by atoms with E-state index in [0.29, 0.717) is 0 Å². The minimum atomic E-state index is 0.839. The molecule has 0 saturated carbocycles. The summed E-state index contributed by atoms with van der Waals surface area (Å²) in [6.07, 6.45) is 4.06. The third-order valence-electron chi connectivity index (χ3n) is 3.50. The van der Waals surface area contributed by atoms with Gasteiger partial charge in [-0.25, -0.2) is 4.98 Å². The zero-order valence-electron chi connectivity index (χ0n) is 12.0. The Morgan fingerprint density at radius 1 is 1.05 bits per heavy atom. The normalized spacial score (nSPS) is 11.8. The molecule has 3 rings (SSSR count). The Morgan fingerprint density at radius 3 is 2.50 bits per heavy atom. The molecule has 0 bridgehead atoms. The lowest BCUT2D eigenvalue weighted by Crippen LogP contribution is -1.79. The summed E-state index contributed by atoms with van der Waals surface area (Å²) in [7, 11) is 0. The van der Waals surface area contributed by atoms with E-state index in [1.165, 1.54) is 15.8 Å². The molecule has 0 aliphatic rings. The van der Waals surface area contributed by atoms with Crippen LogP contribution in [0.2, 0.25) is 0 Å². The largest absolute Gasteiger partial charge is 0.361 e. The molecule has 2 aromatic heterocycles. The van der Waals surface area contributed by atoms with Crippen molar-refractivity contribution in [3.05, 3.63) is 45.3 Å². The molecular formula is C16H16N2OS. The van der Waals surface area contributed by atoms with Crippen molar-refractivity contribution < 1.29 is 4.52 Å². The van der Waals surface area contributed by atoms with Gasteiger partial charge < -0.3 is 4.52 Å². The van der Waals surface area contributed by atoms with Crippen molar-refractivity contribution in [3.8, 4) is 0 Å². The summed E-state index contributed by atoms with van der Waals surface area (Å²) in [5, 5.41) is 4.96. The predicted octanol–water partition coefficient (Wildman–Crippen LogP) is 4.69. The number of fused-ring (bicyclic) bond motifs is 1. The summed E-state index contributed by atoms with van der Waals surface area (Å²) in [5.74, 6) is 0.839. The molecular weight excluding hydrogens is 268 g/mol. The maximum atomic E-state index is 5.16. The van der Waals surface area contributed by atoms with Crippen LogP contribution in [0, 0.1) is 27.7 Å². The lowest BCUT2D eigenvalue weighted by atomic mass is 10.1. The van der Waals surface area contributed by atoms with Crippen molar-refractivity contribution in [1.82, 2.24) is 10.1 Å². The highest BCUT2D eigenvalue weighted by Gasteiger charge is 2.07. The first-order chi connectivity index (χ1) is 9.54. The van der Waals surface area contributed by atoms with Gasteiger partial charge in [0.2, 0.25) is 0 Å². The number of nitrogens with zero attached hydrogens (tertiary/aromatic N) is 2. The molecule has 0 fully saturated rings.